The van der Waals surface area contributed by atoms with Gasteiger partial charge in [-0.25, -0.2) is 13.1 Å². The molecule has 154 valence electrons. The standard InChI is InChI=1S/C17H17N3O8S/c1-10(21)19-29(25,26)12-6-4-11(5-7-12)18-17(22)13-8-15(27-2)16(28-3)9-14(13)20(23)24/h4-9H,1-3H3,(H,18,22)(H,19,21). The van der Waals surface area contributed by atoms with Crippen LogP contribution < -0.4 is 19.5 Å². The molecule has 0 bridgehead atoms. The van der Waals surface area contributed by atoms with Gasteiger partial charge in [-0.05, 0) is 24.3 Å². The summed E-state index contributed by atoms with van der Waals surface area (Å²) < 4.78 is 35.7. The van der Waals surface area contributed by atoms with Crippen LogP contribution in [0.5, 0.6) is 11.5 Å². The third-order valence-corrected chi connectivity index (χ3v) is 5.09. The molecule has 0 aromatic heterocycles. The number of rotatable bonds is 7. The van der Waals surface area contributed by atoms with E-state index in [2.05, 4.69) is 5.32 Å². The van der Waals surface area contributed by atoms with Crippen molar-refractivity contribution in [2.45, 2.75) is 11.8 Å². The maximum Gasteiger partial charge on any atom is 0.286 e. The third kappa shape index (κ3) is 4.99. The van der Waals surface area contributed by atoms with Crippen LogP contribution in [0, 0.1) is 10.1 Å². The maximum atomic E-state index is 12.5. The third-order valence-electron chi connectivity index (χ3n) is 3.64. The molecule has 0 radical (unpaired) electrons. The fourth-order valence-corrected chi connectivity index (χ4v) is 3.36. The number of ether oxygens (including phenoxy) is 2. The molecule has 11 nitrogen and oxygen atoms in total. The predicted octanol–water partition coefficient (Wildman–Crippen LogP) is 1.69. The summed E-state index contributed by atoms with van der Waals surface area (Å²) in [7, 11) is -1.40. The molecule has 2 aromatic carbocycles. The molecule has 0 saturated carbocycles. The molecule has 29 heavy (non-hydrogen) atoms. The zero-order valence-corrected chi connectivity index (χ0v) is 16.4. The normalized spacial score (nSPS) is 10.7. The fourth-order valence-electron chi connectivity index (χ4n) is 2.37. The molecule has 0 fully saturated rings. The number of carbonyl (C=O) groups excluding carboxylic acids is 2. The van der Waals surface area contributed by atoms with Crippen molar-refractivity contribution in [2.75, 3.05) is 19.5 Å². The largest absolute Gasteiger partial charge is 0.493 e. The summed E-state index contributed by atoms with van der Waals surface area (Å²) >= 11 is 0. The van der Waals surface area contributed by atoms with E-state index in [-0.39, 0.29) is 27.6 Å². The van der Waals surface area contributed by atoms with E-state index in [0.29, 0.717) is 0 Å². The summed E-state index contributed by atoms with van der Waals surface area (Å²) in [6.07, 6.45) is 0. The van der Waals surface area contributed by atoms with E-state index < -0.39 is 32.4 Å². The van der Waals surface area contributed by atoms with Crippen molar-refractivity contribution in [3.63, 3.8) is 0 Å². The molecule has 2 aromatic rings. The number of sulfonamides is 1. The van der Waals surface area contributed by atoms with E-state index in [1.165, 1.54) is 44.6 Å². The quantitative estimate of drug-likeness (QED) is 0.504. The van der Waals surface area contributed by atoms with Crippen molar-refractivity contribution >= 4 is 33.2 Å². The highest BCUT2D eigenvalue weighted by Crippen LogP contribution is 2.34. The minimum Gasteiger partial charge on any atom is -0.493 e. The zero-order chi connectivity index (χ0) is 21.8. The molecule has 2 rings (SSSR count). The van der Waals surface area contributed by atoms with Crippen LogP contribution >= 0.6 is 0 Å². The van der Waals surface area contributed by atoms with Gasteiger partial charge in [-0.3, -0.25) is 19.7 Å². The summed E-state index contributed by atoms with van der Waals surface area (Å²) in [5.41, 5.74) is -0.589. The lowest BCUT2D eigenvalue weighted by atomic mass is 10.1. The van der Waals surface area contributed by atoms with Gasteiger partial charge in [0.05, 0.1) is 30.1 Å². The maximum absolute atomic E-state index is 12.5. The van der Waals surface area contributed by atoms with Gasteiger partial charge in [-0.15, -0.1) is 0 Å². The molecule has 0 aliphatic heterocycles. The number of amides is 2. The molecule has 0 saturated heterocycles. The smallest absolute Gasteiger partial charge is 0.286 e. The minimum absolute atomic E-state index is 0.0864. The lowest BCUT2D eigenvalue weighted by Crippen LogP contribution is -2.28. The highest BCUT2D eigenvalue weighted by molar-refractivity contribution is 7.90. The molecule has 0 aliphatic carbocycles. The van der Waals surface area contributed by atoms with Crippen molar-refractivity contribution in [2.24, 2.45) is 0 Å². The van der Waals surface area contributed by atoms with Gasteiger partial charge in [0.2, 0.25) is 5.91 Å². The van der Waals surface area contributed by atoms with Crippen molar-refractivity contribution < 1.29 is 32.4 Å². The second-order valence-corrected chi connectivity index (χ2v) is 7.30. The van der Waals surface area contributed by atoms with Crippen molar-refractivity contribution in [3.05, 3.63) is 52.1 Å². The fraction of sp³-hybridized carbons (Fsp3) is 0.176. The van der Waals surface area contributed by atoms with Crippen LogP contribution in [0.1, 0.15) is 17.3 Å². The lowest BCUT2D eigenvalue weighted by molar-refractivity contribution is -0.385. The van der Waals surface area contributed by atoms with Gasteiger partial charge in [-0.2, -0.15) is 0 Å². The van der Waals surface area contributed by atoms with Gasteiger partial charge in [0.1, 0.15) is 5.56 Å². The lowest BCUT2D eigenvalue weighted by Gasteiger charge is -2.11. The van der Waals surface area contributed by atoms with Gasteiger partial charge >= 0.3 is 0 Å². The SMILES string of the molecule is COc1cc(C(=O)Nc2ccc(S(=O)(=O)NC(C)=O)cc2)c([N+](=O)[O-])cc1OC. The monoisotopic (exact) mass is 423 g/mol. The summed E-state index contributed by atoms with van der Waals surface area (Å²) in [4.78, 5) is 33.9. The van der Waals surface area contributed by atoms with Crippen LogP contribution in [0.4, 0.5) is 11.4 Å². The van der Waals surface area contributed by atoms with Crippen LogP contribution in [-0.4, -0.2) is 39.4 Å². The van der Waals surface area contributed by atoms with E-state index in [0.717, 1.165) is 13.0 Å². The predicted molar refractivity (Wildman–Crippen MR) is 102 cm³/mol. The van der Waals surface area contributed by atoms with E-state index >= 15 is 0 Å². The number of anilines is 1. The Labute approximate surface area is 165 Å². The van der Waals surface area contributed by atoms with Gasteiger partial charge in [0.25, 0.3) is 21.6 Å². The average Bonchev–Trinajstić information content (AvgIpc) is 2.66. The Balaban J connectivity index is 2.33. The van der Waals surface area contributed by atoms with E-state index in [1.807, 2.05) is 4.72 Å². The number of nitro benzene ring substituents is 1. The number of nitrogens with zero attached hydrogens (tertiary/aromatic N) is 1. The molecule has 0 aliphatic rings. The van der Waals surface area contributed by atoms with Crippen LogP contribution in [0.25, 0.3) is 0 Å². The molecule has 0 atom stereocenters. The molecule has 2 amide bonds. The summed E-state index contributed by atoms with van der Waals surface area (Å²) in [5, 5.41) is 13.8. The number of methoxy groups -OCH3 is 2. The van der Waals surface area contributed by atoms with Crippen LogP contribution in [0.2, 0.25) is 0 Å². The number of carbonyl (C=O) groups is 2. The van der Waals surface area contributed by atoms with E-state index in [4.69, 9.17) is 9.47 Å². The zero-order valence-electron chi connectivity index (χ0n) is 15.6. The molecule has 0 unspecified atom stereocenters. The first-order chi connectivity index (χ1) is 13.6. The van der Waals surface area contributed by atoms with Gasteiger partial charge < -0.3 is 14.8 Å². The van der Waals surface area contributed by atoms with Crippen LogP contribution in [0.15, 0.2) is 41.3 Å². The molecular weight excluding hydrogens is 406 g/mol. The molecular formula is C17H17N3O8S. The molecule has 0 heterocycles. The Kier molecular flexibility index (Phi) is 6.38. The van der Waals surface area contributed by atoms with Crippen molar-refractivity contribution in [3.8, 4) is 11.5 Å². The molecule has 0 spiro atoms. The number of hydrogen-bond acceptors (Lipinski definition) is 8. The Bertz CT molecular complexity index is 1060. The van der Waals surface area contributed by atoms with E-state index in [9.17, 15) is 28.1 Å². The van der Waals surface area contributed by atoms with Crippen LogP contribution in [-0.2, 0) is 14.8 Å². The number of nitrogens with one attached hydrogen (secondary N) is 2. The first-order valence-corrected chi connectivity index (χ1v) is 9.42. The average molecular weight is 423 g/mol. The summed E-state index contributed by atoms with van der Waals surface area (Å²) in [6, 6.07) is 7.13. The number of benzene rings is 2. The Hall–Kier alpha value is -3.67. The minimum atomic E-state index is -4.02. The van der Waals surface area contributed by atoms with Crippen molar-refractivity contribution in [1.82, 2.24) is 4.72 Å². The summed E-state index contributed by atoms with van der Waals surface area (Å²) in [5.74, 6) is -1.35. The number of hydrogen-bond donors (Lipinski definition) is 2. The van der Waals surface area contributed by atoms with E-state index in [1.54, 1.807) is 0 Å². The molecule has 2 N–H and O–H groups in total. The highest BCUT2D eigenvalue weighted by atomic mass is 32.2. The second-order valence-electron chi connectivity index (χ2n) is 5.62. The van der Waals surface area contributed by atoms with Gasteiger partial charge in [-0.1, -0.05) is 0 Å². The first-order valence-electron chi connectivity index (χ1n) is 7.94. The van der Waals surface area contributed by atoms with Crippen LogP contribution in [0.3, 0.4) is 0 Å². The Morgan fingerprint density at radius 1 is 1.03 bits per heavy atom. The Morgan fingerprint density at radius 2 is 1.59 bits per heavy atom. The number of nitro groups is 1. The highest BCUT2D eigenvalue weighted by Gasteiger charge is 2.25. The van der Waals surface area contributed by atoms with Gasteiger partial charge in [0, 0.05) is 18.7 Å². The van der Waals surface area contributed by atoms with Gasteiger partial charge in [0.15, 0.2) is 11.5 Å². The first kappa shape index (κ1) is 21.6. The summed E-state index contributed by atoms with van der Waals surface area (Å²) in [6.45, 7) is 1.06. The Morgan fingerprint density at radius 3 is 2.07 bits per heavy atom. The van der Waals surface area contributed by atoms with Crippen molar-refractivity contribution in [1.29, 1.82) is 0 Å². The second kappa shape index (κ2) is 8.56. The molecule has 12 heteroatoms. The topological polar surface area (TPSA) is 154 Å².